The molecule has 1 aromatic rings. The van der Waals surface area contributed by atoms with Crippen molar-refractivity contribution in [3.05, 3.63) is 12.0 Å². The molecule has 0 aromatic carbocycles. The molecule has 0 bridgehead atoms. The predicted molar refractivity (Wildman–Crippen MR) is 70.0 cm³/mol. The lowest BCUT2D eigenvalue weighted by Gasteiger charge is -2.10. The number of nitrogens with one attached hydrogen (secondary N) is 2. The first-order chi connectivity index (χ1) is 8.85. The van der Waals surface area contributed by atoms with E-state index in [1.165, 1.54) is 6.20 Å². The Morgan fingerprint density at radius 2 is 2.26 bits per heavy atom. The van der Waals surface area contributed by atoms with Gasteiger partial charge in [-0.3, -0.25) is 0 Å². The van der Waals surface area contributed by atoms with Crippen molar-refractivity contribution in [3.8, 4) is 0 Å². The Morgan fingerprint density at radius 1 is 1.53 bits per heavy atom. The van der Waals surface area contributed by atoms with Gasteiger partial charge in [-0.15, -0.1) is 0 Å². The molecule has 0 radical (unpaired) electrons. The zero-order valence-electron chi connectivity index (χ0n) is 10.6. The molecule has 19 heavy (non-hydrogen) atoms. The van der Waals surface area contributed by atoms with Crippen LogP contribution in [0.4, 0.5) is 0 Å². The van der Waals surface area contributed by atoms with Crippen LogP contribution in [0.3, 0.4) is 0 Å². The molecule has 1 atom stereocenters. The number of sulfonamides is 1. The zero-order chi connectivity index (χ0) is 14.1. The molecule has 7 nitrogen and oxygen atoms in total. The van der Waals surface area contributed by atoms with Crippen LogP contribution in [0, 0.1) is 0 Å². The van der Waals surface area contributed by atoms with E-state index in [2.05, 4.69) is 14.7 Å². The van der Waals surface area contributed by atoms with Gasteiger partial charge in [-0.25, -0.2) is 26.5 Å². The van der Waals surface area contributed by atoms with Gasteiger partial charge in [-0.2, -0.15) is 0 Å². The topological polar surface area (TPSA) is 109 Å². The molecular formula is C10H17N3O4S2. The van der Waals surface area contributed by atoms with Crippen LogP contribution in [-0.4, -0.2) is 44.4 Å². The molecule has 2 rings (SSSR count). The molecule has 9 heteroatoms. The lowest BCUT2D eigenvalue weighted by Crippen LogP contribution is -2.34. The normalized spacial score (nSPS) is 22.7. The second-order valence-electron chi connectivity index (χ2n) is 4.53. The van der Waals surface area contributed by atoms with E-state index in [0.717, 1.165) is 0 Å². The lowest BCUT2D eigenvalue weighted by atomic mass is 10.2. The Kier molecular flexibility index (Phi) is 3.98. The van der Waals surface area contributed by atoms with Crippen molar-refractivity contribution in [1.29, 1.82) is 0 Å². The third-order valence-electron chi connectivity index (χ3n) is 3.19. The van der Waals surface area contributed by atoms with Gasteiger partial charge in [0.15, 0.2) is 14.9 Å². The third kappa shape index (κ3) is 3.15. The van der Waals surface area contributed by atoms with Gasteiger partial charge in [0.25, 0.3) is 10.0 Å². The van der Waals surface area contributed by atoms with Crippen molar-refractivity contribution < 1.29 is 16.8 Å². The number of aromatic amines is 1. The number of sulfone groups is 1. The van der Waals surface area contributed by atoms with E-state index >= 15 is 0 Å². The summed E-state index contributed by atoms with van der Waals surface area (Å²) >= 11 is 0. The number of aromatic nitrogens is 2. The van der Waals surface area contributed by atoms with Crippen molar-refractivity contribution in [2.45, 2.75) is 36.5 Å². The molecule has 1 saturated heterocycles. The van der Waals surface area contributed by atoms with Gasteiger partial charge >= 0.3 is 0 Å². The maximum Gasteiger partial charge on any atom is 0.257 e. The summed E-state index contributed by atoms with van der Waals surface area (Å²) in [6, 6.07) is 0. The maximum atomic E-state index is 12.0. The minimum absolute atomic E-state index is 0.0280. The smallest absolute Gasteiger partial charge is 0.257 e. The van der Waals surface area contributed by atoms with E-state index in [9.17, 15) is 16.8 Å². The van der Waals surface area contributed by atoms with Gasteiger partial charge in [-0.1, -0.05) is 6.92 Å². The molecule has 1 aromatic heterocycles. The first kappa shape index (κ1) is 14.5. The molecule has 2 N–H and O–H groups in total. The molecule has 1 aliphatic rings. The fourth-order valence-corrected chi connectivity index (χ4v) is 4.92. The Hall–Kier alpha value is -0.930. The summed E-state index contributed by atoms with van der Waals surface area (Å²) in [7, 11) is -6.86. The van der Waals surface area contributed by atoms with Crippen molar-refractivity contribution in [2.24, 2.45) is 0 Å². The molecule has 1 aliphatic heterocycles. The van der Waals surface area contributed by atoms with Gasteiger partial charge in [0, 0.05) is 13.0 Å². The highest BCUT2D eigenvalue weighted by atomic mass is 32.2. The number of imidazole rings is 1. The summed E-state index contributed by atoms with van der Waals surface area (Å²) < 4.78 is 49.5. The summed E-state index contributed by atoms with van der Waals surface area (Å²) in [6.07, 6.45) is 2.95. The lowest BCUT2D eigenvalue weighted by molar-refractivity contribution is 0.568. The number of hydrogen-bond donors (Lipinski definition) is 2. The number of H-pyrrole nitrogens is 1. The molecule has 108 valence electrons. The third-order valence-corrected chi connectivity index (χ3v) is 6.80. The summed E-state index contributed by atoms with van der Waals surface area (Å²) in [5.41, 5.74) is 0. The Labute approximate surface area is 112 Å². The van der Waals surface area contributed by atoms with E-state index in [1.807, 2.05) is 6.92 Å². The largest absolute Gasteiger partial charge is 0.332 e. The fourth-order valence-electron chi connectivity index (χ4n) is 2.03. The minimum Gasteiger partial charge on any atom is -0.332 e. The molecule has 1 unspecified atom stereocenters. The van der Waals surface area contributed by atoms with E-state index in [1.54, 1.807) is 0 Å². The average molecular weight is 307 g/mol. The van der Waals surface area contributed by atoms with Crippen LogP contribution in [0.5, 0.6) is 0 Å². The summed E-state index contributed by atoms with van der Waals surface area (Å²) in [4.78, 5) is 6.60. The van der Waals surface area contributed by atoms with Crippen LogP contribution < -0.4 is 4.72 Å². The van der Waals surface area contributed by atoms with Crippen LogP contribution in [0.15, 0.2) is 11.2 Å². The minimum atomic E-state index is -3.72. The van der Waals surface area contributed by atoms with Crippen LogP contribution in [-0.2, 0) is 26.3 Å². The zero-order valence-corrected chi connectivity index (χ0v) is 12.2. The van der Waals surface area contributed by atoms with Crippen LogP contribution in [0.1, 0.15) is 25.6 Å². The van der Waals surface area contributed by atoms with Gasteiger partial charge in [0.2, 0.25) is 0 Å². The van der Waals surface area contributed by atoms with E-state index in [0.29, 0.717) is 25.1 Å². The second kappa shape index (κ2) is 5.22. The van der Waals surface area contributed by atoms with Crippen molar-refractivity contribution in [1.82, 2.24) is 14.7 Å². The number of rotatable bonds is 5. The number of hydrogen-bond acceptors (Lipinski definition) is 5. The molecule has 0 aliphatic carbocycles. The molecule has 0 spiro atoms. The number of nitrogens with zero attached hydrogens (tertiary/aromatic N) is 1. The SMILES string of the molecule is CCc1ncc(S(=O)(=O)NCC2CCCS2(=O)=O)[nH]1. The molecule has 0 amide bonds. The van der Waals surface area contributed by atoms with Gasteiger partial charge < -0.3 is 4.98 Å². The first-order valence-corrected chi connectivity index (χ1v) is 9.30. The number of aryl methyl sites for hydroxylation is 1. The van der Waals surface area contributed by atoms with Crippen molar-refractivity contribution in [2.75, 3.05) is 12.3 Å². The highest BCUT2D eigenvalue weighted by Gasteiger charge is 2.32. The van der Waals surface area contributed by atoms with E-state index in [4.69, 9.17) is 0 Å². The molecular weight excluding hydrogens is 290 g/mol. The molecule has 0 saturated carbocycles. The van der Waals surface area contributed by atoms with E-state index < -0.39 is 25.1 Å². The fraction of sp³-hybridized carbons (Fsp3) is 0.700. The van der Waals surface area contributed by atoms with Crippen molar-refractivity contribution in [3.63, 3.8) is 0 Å². The average Bonchev–Trinajstić information content (AvgIpc) is 2.93. The Balaban J connectivity index is 2.06. The van der Waals surface area contributed by atoms with Gasteiger partial charge in [0.1, 0.15) is 5.82 Å². The van der Waals surface area contributed by atoms with Crippen LogP contribution >= 0.6 is 0 Å². The molecule has 1 fully saturated rings. The Bertz CT molecular complexity index is 648. The second-order valence-corrected chi connectivity index (χ2v) is 8.67. The molecule has 2 heterocycles. The summed E-state index contributed by atoms with van der Waals surface area (Å²) in [5, 5.41) is -0.643. The quantitative estimate of drug-likeness (QED) is 0.785. The van der Waals surface area contributed by atoms with Crippen LogP contribution in [0.2, 0.25) is 0 Å². The maximum absolute atomic E-state index is 12.0. The van der Waals surface area contributed by atoms with E-state index in [-0.39, 0.29) is 17.3 Å². The Morgan fingerprint density at radius 3 is 2.79 bits per heavy atom. The standard InChI is InChI=1S/C10H17N3O4S2/c1-2-9-11-7-10(13-9)19(16,17)12-6-8-4-3-5-18(8,14)15/h7-8,12H,2-6H2,1H3,(H,11,13). The first-order valence-electron chi connectivity index (χ1n) is 6.10. The highest BCUT2D eigenvalue weighted by Crippen LogP contribution is 2.19. The predicted octanol–water partition coefficient (Wildman–Crippen LogP) is -0.172. The summed E-state index contributed by atoms with van der Waals surface area (Å²) in [6.45, 7) is 1.78. The summed E-state index contributed by atoms with van der Waals surface area (Å²) in [5.74, 6) is 0.720. The van der Waals surface area contributed by atoms with Gasteiger partial charge in [-0.05, 0) is 12.8 Å². The monoisotopic (exact) mass is 307 g/mol. The highest BCUT2D eigenvalue weighted by molar-refractivity contribution is 7.92. The van der Waals surface area contributed by atoms with Crippen LogP contribution in [0.25, 0.3) is 0 Å². The van der Waals surface area contributed by atoms with Gasteiger partial charge in [0.05, 0.1) is 17.2 Å². The van der Waals surface area contributed by atoms with Crippen molar-refractivity contribution >= 4 is 19.9 Å².